The summed E-state index contributed by atoms with van der Waals surface area (Å²) in [6.07, 6.45) is 7.56. The normalized spacial score (nSPS) is 12.2. The van der Waals surface area contributed by atoms with Crippen LogP contribution < -0.4 is 0 Å². The molecule has 0 heterocycles. The summed E-state index contributed by atoms with van der Waals surface area (Å²) in [5, 5.41) is 17.9. The van der Waals surface area contributed by atoms with Crippen LogP contribution in [-0.2, 0) is 9.59 Å². The molecule has 0 aliphatic carbocycles. The number of hydrogen-bond acceptors (Lipinski definition) is 3. The van der Waals surface area contributed by atoms with Crippen LogP contribution in [0.3, 0.4) is 0 Å². The zero-order valence-electron chi connectivity index (χ0n) is 12.8. The van der Waals surface area contributed by atoms with Gasteiger partial charge in [0.05, 0.1) is 6.42 Å². The van der Waals surface area contributed by atoms with Crippen LogP contribution in [0, 0.1) is 0 Å². The monoisotopic (exact) mass is 287 g/mol. The van der Waals surface area contributed by atoms with E-state index in [2.05, 4.69) is 6.92 Å². The van der Waals surface area contributed by atoms with Gasteiger partial charge >= 0.3 is 5.97 Å². The number of carbonyl (C=O) groups is 2. The Kier molecular flexibility index (Phi) is 11.1. The van der Waals surface area contributed by atoms with E-state index < -0.39 is 24.4 Å². The summed E-state index contributed by atoms with van der Waals surface area (Å²) in [4.78, 5) is 23.5. The third-order valence-electron chi connectivity index (χ3n) is 3.38. The minimum absolute atomic E-state index is 0.504. The number of carbonyl (C=O) groups excluding carboxylic acids is 1. The molecule has 20 heavy (non-hydrogen) atoms. The first-order valence-corrected chi connectivity index (χ1v) is 7.63. The van der Waals surface area contributed by atoms with Crippen LogP contribution in [0.1, 0.15) is 64.7 Å². The van der Waals surface area contributed by atoms with Crippen LogP contribution >= 0.6 is 0 Å². The first-order chi connectivity index (χ1) is 9.49. The number of carboxylic acids is 1. The molecule has 118 valence electrons. The summed E-state index contributed by atoms with van der Waals surface area (Å²) in [5.41, 5.74) is 0. The van der Waals surface area contributed by atoms with Gasteiger partial charge in [0.25, 0.3) is 5.91 Å². The topological polar surface area (TPSA) is 77.8 Å². The first kappa shape index (κ1) is 18.9. The number of hydrogen-bond donors (Lipinski definition) is 2. The maximum Gasteiger partial charge on any atom is 0.306 e. The molecule has 0 aliphatic rings. The van der Waals surface area contributed by atoms with E-state index in [0.29, 0.717) is 6.54 Å². The fraction of sp³-hybridized carbons (Fsp3) is 0.867. The van der Waals surface area contributed by atoms with E-state index in [1.54, 1.807) is 7.05 Å². The number of rotatable bonds is 12. The molecule has 5 heteroatoms. The summed E-state index contributed by atoms with van der Waals surface area (Å²) in [5.74, 6) is -1.67. The average molecular weight is 287 g/mol. The largest absolute Gasteiger partial charge is 0.481 e. The molecule has 0 saturated heterocycles. The van der Waals surface area contributed by atoms with Gasteiger partial charge in [-0.3, -0.25) is 9.59 Å². The van der Waals surface area contributed by atoms with Crippen molar-refractivity contribution in [1.82, 2.24) is 4.90 Å². The number of likely N-dealkylation sites (N-methyl/N-ethyl adjacent to an activating group) is 1. The number of nitrogens with zero attached hydrogens (tertiary/aromatic N) is 1. The minimum atomic E-state index is -1.42. The Hall–Kier alpha value is -1.10. The second-order valence-electron chi connectivity index (χ2n) is 5.35. The van der Waals surface area contributed by atoms with Crippen molar-refractivity contribution in [2.75, 3.05) is 13.6 Å². The summed E-state index contributed by atoms with van der Waals surface area (Å²) in [6.45, 7) is 2.77. The SMILES string of the molecule is CCCCCCCCCCN(C)C(=O)C(O)CC(=O)O. The third-order valence-corrected chi connectivity index (χ3v) is 3.38. The second-order valence-corrected chi connectivity index (χ2v) is 5.35. The van der Waals surface area contributed by atoms with E-state index in [1.807, 2.05) is 0 Å². The van der Waals surface area contributed by atoms with Gasteiger partial charge in [-0.25, -0.2) is 0 Å². The Bertz CT molecular complexity index is 281. The van der Waals surface area contributed by atoms with Gasteiger partial charge in [0, 0.05) is 13.6 Å². The first-order valence-electron chi connectivity index (χ1n) is 7.63. The molecular weight excluding hydrogens is 258 g/mol. The highest BCUT2D eigenvalue weighted by atomic mass is 16.4. The Morgan fingerprint density at radius 1 is 1.00 bits per heavy atom. The number of carboxylic acid groups (broad SMARTS) is 1. The maximum atomic E-state index is 11.6. The highest BCUT2D eigenvalue weighted by Crippen LogP contribution is 2.09. The smallest absolute Gasteiger partial charge is 0.306 e. The molecule has 0 aromatic carbocycles. The van der Waals surface area contributed by atoms with Crippen LogP contribution in [0.25, 0.3) is 0 Å². The van der Waals surface area contributed by atoms with Crippen LogP contribution in [0.5, 0.6) is 0 Å². The van der Waals surface area contributed by atoms with E-state index in [-0.39, 0.29) is 0 Å². The van der Waals surface area contributed by atoms with Crippen molar-refractivity contribution >= 4 is 11.9 Å². The highest BCUT2D eigenvalue weighted by molar-refractivity contribution is 5.84. The zero-order valence-corrected chi connectivity index (χ0v) is 12.8. The Morgan fingerprint density at radius 3 is 2.00 bits per heavy atom. The molecule has 0 aromatic rings. The predicted molar refractivity (Wildman–Crippen MR) is 78.5 cm³/mol. The molecule has 1 amide bonds. The van der Waals surface area contributed by atoms with Crippen LogP contribution in [-0.4, -0.2) is 46.7 Å². The Morgan fingerprint density at radius 2 is 1.50 bits per heavy atom. The molecule has 1 atom stereocenters. The molecule has 0 spiro atoms. The van der Waals surface area contributed by atoms with Gasteiger partial charge in [0.2, 0.25) is 0 Å². The quantitative estimate of drug-likeness (QED) is 0.540. The van der Waals surface area contributed by atoms with Gasteiger partial charge in [0.1, 0.15) is 6.10 Å². The number of amides is 1. The fourth-order valence-electron chi connectivity index (χ4n) is 2.10. The lowest BCUT2D eigenvalue weighted by atomic mass is 10.1. The Labute approximate surface area is 122 Å². The van der Waals surface area contributed by atoms with Crippen molar-refractivity contribution in [3.05, 3.63) is 0 Å². The zero-order chi connectivity index (χ0) is 15.4. The molecular formula is C15H29NO4. The summed E-state index contributed by atoms with van der Waals surface area (Å²) in [7, 11) is 1.61. The van der Waals surface area contributed by atoms with Crippen LogP contribution in [0.15, 0.2) is 0 Å². The van der Waals surface area contributed by atoms with Crippen molar-refractivity contribution < 1.29 is 19.8 Å². The van der Waals surface area contributed by atoms with Crippen LogP contribution in [0.4, 0.5) is 0 Å². The second kappa shape index (κ2) is 11.7. The lowest BCUT2D eigenvalue weighted by molar-refractivity contribution is -0.147. The van der Waals surface area contributed by atoms with Crippen molar-refractivity contribution in [3.63, 3.8) is 0 Å². The van der Waals surface area contributed by atoms with E-state index >= 15 is 0 Å². The highest BCUT2D eigenvalue weighted by Gasteiger charge is 2.21. The van der Waals surface area contributed by atoms with E-state index in [9.17, 15) is 14.7 Å². The predicted octanol–water partition coefficient (Wildman–Crippen LogP) is 2.42. The van der Waals surface area contributed by atoms with Gasteiger partial charge in [0.15, 0.2) is 0 Å². The molecule has 0 aromatic heterocycles. The number of aliphatic carboxylic acids is 1. The van der Waals surface area contributed by atoms with Gasteiger partial charge in [-0.15, -0.1) is 0 Å². The molecule has 0 bridgehead atoms. The molecule has 0 saturated carbocycles. The number of aliphatic hydroxyl groups excluding tert-OH is 1. The molecule has 0 fully saturated rings. The molecule has 5 nitrogen and oxygen atoms in total. The maximum absolute atomic E-state index is 11.6. The average Bonchev–Trinajstić information content (AvgIpc) is 2.39. The summed E-state index contributed by atoms with van der Waals surface area (Å²) < 4.78 is 0. The lowest BCUT2D eigenvalue weighted by Crippen LogP contribution is -2.38. The standard InChI is InChI=1S/C15H29NO4/c1-3-4-5-6-7-8-9-10-11-16(2)15(20)13(17)12-14(18)19/h13,17H,3-12H2,1-2H3,(H,18,19). The van der Waals surface area contributed by atoms with E-state index in [1.165, 1.54) is 43.4 Å². The lowest BCUT2D eigenvalue weighted by Gasteiger charge is -2.19. The van der Waals surface area contributed by atoms with Gasteiger partial charge < -0.3 is 15.1 Å². The molecule has 2 N–H and O–H groups in total. The fourth-order valence-corrected chi connectivity index (χ4v) is 2.10. The summed E-state index contributed by atoms with van der Waals surface area (Å²) in [6, 6.07) is 0. The number of unbranched alkanes of at least 4 members (excludes halogenated alkanes) is 7. The number of aliphatic hydroxyl groups is 1. The van der Waals surface area contributed by atoms with Crippen molar-refractivity contribution in [3.8, 4) is 0 Å². The Balaban J connectivity index is 3.59. The van der Waals surface area contributed by atoms with E-state index in [0.717, 1.165) is 12.8 Å². The van der Waals surface area contributed by atoms with Crippen LogP contribution in [0.2, 0.25) is 0 Å². The van der Waals surface area contributed by atoms with Gasteiger partial charge in [-0.1, -0.05) is 51.9 Å². The molecule has 1 unspecified atom stereocenters. The minimum Gasteiger partial charge on any atom is -0.481 e. The third kappa shape index (κ3) is 9.78. The molecule has 0 rings (SSSR count). The van der Waals surface area contributed by atoms with Gasteiger partial charge in [-0.2, -0.15) is 0 Å². The van der Waals surface area contributed by atoms with Crippen molar-refractivity contribution in [1.29, 1.82) is 0 Å². The summed E-state index contributed by atoms with van der Waals surface area (Å²) >= 11 is 0. The van der Waals surface area contributed by atoms with Gasteiger partial charge in [-0.05, 0) is 6.42 Å². The molecule has 0 aliphatic heterocycles. The van der Waals surface area contributed by atoms with E-state index in [4.69, 9.17) is 5.11 Å². The molecule has 0 radical (unpaired) electrons. The van der Waals surface area contributed by atoms with Crippen molar-refractivity contribution in [2.45, 2.75) is 70.8 Å². The van der Waals surface area contributed by atoms with Crippen molar-refractivity contribution in [2.24, 2.45) is 0 Å².